The lowest BCUT2D eigenvalue weighted by Crippen LogP contribution is -2.47. The lowest BCUT2D eigenvalue weighted by molar-refractivity contribution is 0.100. The van der Waals surface area contributed by atoms with Crippen LogP contribution in [0, 0.1) is 5.82 Å². The third kappa shape index (κ3) is 4.05. The number of hydrogen-bond donors (Lipinski definition) is 2. The molecular weight excluding hydrogens is 343 g/mol. The zero-order valence-electron chi connectivity index (χ0n) is 15.6. The molecule has 0 spiro atoms. The summed E-state index contributed by atoms with van der Waals surface area (Å²) < 4.78 is 13.6. The fourth-order valence-electron chi connectivity index (χ4n) is 4.41. The van der Waals surface area contributed by atoms with Crippen molar-refractivity contribution in [1.82, 2.24) is 10.3 Å². The molecule has 5 nitrogen and oxygen atoms in total. The van der Waals surface area contributed by atoms with E-state index in [9.17, 15) is 9.18 Å². The first-order valence-corrected chi connectivity index (χ1v) is 10.0. The molecule has 2 fully saturated rings. The van der Waals surface area contributed by atoms with Crippen molar-refractivity contribution in [3.8, 4) is 0 Å². The molecule has 0 atom stereocenters. The number of nitrogens with zero attached hydrogens (tertiary/aromatic N) is 2. The summed E-state index contributed by atoms with van der Waals surface area (Å²) in [7, 11) is 0. The summed E-state index contributed by atoms with van der Waals surface area (Å²) in [6.07, 6.45) is 8.61. The van der Waals surface area contributed by atoms with E-state index >= 15 is 0 Å². The van der Waals surface area contributed by atoms with Crippen LogP contribution in [0.2, 0.25) is 0 Å². The lowest BCUT2D eigenvalue weighted by atomic mass is 9.93. The maximum Gasteiger partial charge on any atom is 0.252 e. The molecule has 2 aromatic rings. The first-order chi connectivity index (χ1) is 13.1. The van der Waals surface area contributed by atoms with Crippen LogP contribution in [0.15, 0.2) is 24.3 Å². The number of nitrogens with one attached hydrogen (secondary N) is 1. The average molecular weight is 370 g/mol. The number of primary amides is 1. The summed E-state index contributed by atoms with van der Waals surface area (Å²) in [5, 5.41) is 4.54. The summed E-state index contributed by atoms with van der Waals surface area (Å²) in [5.74, 6) is -0.244. The summed E-state index contributed by atoms with van der Waals surface area (Å²) in [6.45, 7) is 1.64. The van der Waals surface area contributed by atoms with Gasteiger partial charge in [-0.1, -0.05) is 19.3 Å². The molecule has 1 aliphatic carbocycles. The molecule has 0 radical (unpaired) electrons. The summed E-state index contributed by atoms with van der Waals surface area (Å²) in [5.41, 5.74) is 6.56. The van der Waals surface area contributed by atoms with Crippen LogP contribution in [-0.2, 0) is 0 Å². The normalized spacial score (nSPS) is 19.5. The van der Waals surface area contributed by atoms with E-state index in [2.05, 4.69) is 15.2 Å². The second-order valence-electron chi connectivity index (χ2n) is 7.82. The van der Waals surface area contributed by atoms with Crippen LogP contribution in [0.4, 0.5) is 10.2 Å². The first kappa shape index (κ1) is 18.2. The molecule has 1 aromatic carbocycles. The molecule has 1 saturated heterocycles. The van der Waals surface area contributed by atoms with Crippen molar-refractivity contribution < 1.29 is 9.18 Å². The highest BCUT2D eigenvalue weighted by Gasteiger charge is 2.26. The van der Waals surface area contributed by atoms with Crippen LogP contribution in [0.25, 0.3) is 10.9 Å². The Hall–Kier alpha value is -2.21. The van der Waals surface area contributed by atoms with Gasteiger partial charge >= 0.3 is 0 Å². The predicted molar refractivity (Wildman–Crippen MR) is 105 cm³/mol. The standard InChI is InChI=1S/C21H27FN4O/c22-15-7-6-14-12-18(20(23)27)21(25-19(14)13-15)26-10-8-17(9-11-26)24-16-4-2-1-3-5-16/h6-7,12-13,16-17,24H,1-5,8-11H2,(H2,23,27). The molecule has 4 rings (SSSR count). The molecule has 1 aromatic heterocycles. The van der Waals surface area contributed by atoms with Gasteiger partial charge in [0, 0.05) is 36.6 Å². The second-order valence-corrected chi connectivity index (χ2v) is 7.82. The fraction of sp³-hybridized carbons (Fsp3) is 0.524. The summed E-state index contributed by atoms with van der Waals surface area (Å²) in [6, 6.07) is 7.30. The molecule has 2 heterocycles. The Labute approximate surface area is 159 Å². The molecule has 0 unspecified atom stereocenters. The number of piperidine rings is 1. The smallest absolute Gasteiger partial charge is 0.252 e. The van der Waals surface area contributed by atoms with Crippen molar-refractivity contribution in [2.24, 2.45) is 5.73 Å². The van der Waals surface area contributed by atoms with Gasteiger partial charge in [0.25, 0.3) is 5.91 Å². The maximum absolute atomic E-state index is 13.6. The van der Waals surface area contributed by atoms with Crippen molar-refractivity contribution >= 4 is 22.6 Å². The number of carbonyl (C=O) groups is 1. The van der Waals surface area contributed by atoms with Crippen molar-refractivity contribution in [1.29, 1.82) is 0 Å². The molecule has 1 amide bonds. The van der Waals surface area contributed by atoms with E-state index in [1.54, 1.807) is 12.1 Å². The van der Waals surface area contributed by atoms with E-state index in [4.69, 9.17) is 5.73 Å². The summed E-state index contributed by atoms with van der Waals surface area (Å²) >= 11 is 0. The van der Waals surface area contributed by atoms with Gasteiger partial charge in [-0.2, -0.15) is 0 Å². The Morgan fingerprint density at radius 1 is 1.07 bits per heavy atom. The number of amides is 1. The van der Waals surface area contributed by atoms with Crippen molar-refractivity contribution in [2.45, 2.75) is 57.0 Å². The molecule has 27 heavy (non-hydrogen) atoms. The van der Waals surface area contributed by atoms with Crippen LogP contribution in [0.5, 0.6) is 0 Å². The van der Waals surface area contributed by atoms with Gasteiger partial charge in [0.1, 0.15) is 11.6 Å². The van der Waals surface area contributed by atoms with Gasteiger partial charge in [0.2, 0.25) is 0 Å². The van der Waals surface area contributed by atoms with E-state index in [1.165, 1.54) is 44.2 Å². The Morgan fingerprint density at radius 3 is 2.48 bits per heavy atom. The molecule has 2 aliphatic rings. The van der Waals surface area contributed by atoms with Crippen LogP contribution in [-0.4, -0.2) is 36.1 Å². The molecule has 3 N–H and O–H groups in total. The van der Waals surface area contributed by atoms with Gasteiger partial charge in [-0.25, -0.2) is 9.37 Å². The highest BCUT2D eigenvalue weighted by Crippen LogP contribution is 2.27. The maximum atomic E-state index is 13.6. The van der Waals surface area contributed by atoms with Crippen molar-refractivity contribution in [3.63, 3.8) is 0 Å². The first-order valence-electron chi connectivity index (χ1n) is 10.0. The largest absolute Gasteiger partial charge is 0.365 e. The van der Waals surface area contributed by atoms with E-state index in [0.29, 0.717) is 29.0 Å². The molecule has 1 saturated carbocycles. The number of benzene rings is 1. The zero-order chi connectivity index (χ0) is 18.8. The van der Waals surface area contributed by atoms with Crippen LogP contribution >= 0.6 is 0 Å². The number of hydrogen-bond acceptors (Lipinski definition) is 4. The third-order valence-corrected chi connectivity index (χ3v) is 5.90. The molecule has 144 valence electrons. The number of rotatable bonds is 4. The van der Waals surface area contributed by atoms with Crippen LogP contribution < -0.4 is 16.0 Å². The predicted octanol–water partition coefficient (Wildman–Crippen LogP) is 3.36. The SMILES string of the molecule is NC(=O)c1cc2ccc(F)cc2nc1N1CCC(NC2CCCCC2)CC1. The number of aromatic nitrogens is 1. The highest BCUT2D eigenvalue weighted by atomic mass is 19.1. The number of halogens is 1. The van der Waals surface area contributed by atoms with Gasteiger partial charge in [-0.15, -0.1) is 0 Å². The van der Waals surface area contributed by atoms with E-state index < -0.39 is 5.91 Å². The zero-order valence-corrected chi connectivity index (χ0v) is 15.6. The van der Waals surface area contributed by atoms with Gasteiger partial charge in [-0.05, 0) is 43.9 Å². The van der Waals surface area contributed by atoms with Crippen molar-refractivity contribution in [3.05, 3.63) is 35.6 Å². The Balaban J connectivity index is 1.50. The molecule has 1 aliphatic heterocycles. The Morgan fingerprint density at radius 2 is 1.78 bits per heavy atom. The number of nitrogens with two attached hydrogens (primary N) is 1. The minimum absolute atomic E-state index is 0.330. The second kappa shape index (κ2) is 7.80. The number of pyridine rings is 1. The van der Waals surface area contributed by atoms with E-state index in [-0.39, 0.29) is 5.82 Å². The topological polar surface area (TPSA) is 71.2 Å². The number of anilines is 1. The van der Waals surface area contributed by atoms with Gasteiger partial charge in [0.15, 0.2) is 0 Å². The van der Waals surface area contributed by atoms with Gasteiger partial charge in [0.05, 0.1) is 11.1 Å². The van der Waals surface area contributed by atoms with Gasteiger partial charge < -0.3 is 16.0 Å². The lowest BCUT2D eigenvalue weighted by Gasteiger charge is -2.36. The van der Waals surface area contributed by atoms with Crippen molar-refractivity contribution in [2.75, 3.05) is 18.0 Å². The average Bonchev–Trinajstić information content (AvgIpc) is 2.68. The van der Waals surface area contributed by atoms with Gasteiger partial charge in [-0.3, -0.25) is 4.79 Å². The fourth-order valence-corrected chi connectivity index (χ4v) is 4.41. The van der Waals surface area contributed by atoms with Crippen LogP contribution in [0.3, 0.4) is 0 Å². The minimum atomic E-state index is -0.494. The van der Waals surface area contributed by atoms with Crippen LogP contribution in [0.1, 0.15) is 55.3 Å². The highest BCUT2D eigenvalue weighted by molar-refractivity contribution is 6.01. The number of fused-ring (bicyclic) bond motifs is 1. The Kier molecular flexibility index (Phi) is 5.25. The monoisotopic (exact) mass is 370 g/mol. The summed E-state index contributed by atoms with van der Waals surface area (Å²) in [4.78, 5) is 18.7. The van der Waals surface area contributed by atoms with E-state index in [1.807, 2.05) is 0 Å². The Bertz CT molecular complexity index is 826. The third-order valence-electron chi connectivity index (χ3n) is 5.90. The minimum Gasteiger partial charge on any atom is -0.365 e. The molecule has 0 bridgehead atoms. The number of carbonyl (C=O) groups excluding carboxylic acids is 1. The van der Waals surface area contributed by atoms with E-state index in [0.717, 1.165) is 31.3 Å². The molecular formula is C21H27FN4O. The quantitative estimate of drug-likeness (QED) is 0.866. The molecule has 6 heteroatoms.